The molecule has 26 heavy (non-hydrogen) atoms. The fourth-order valence-corrected chi connectivity index (χ4v) is 3.16. The molecule has 9 heteroatoms. The van der Waals surface area contributed by atoms with Crippen molar-refractivity contribution in [1.29, 1.82) is 0 Å². The number of aromatic nitrogens is 4. The van der Waals surface area contributed by atoms with Crippen molar-refractivity contribution in [3.63, 3.8) is 0 Å². The van der Waals surface area contributed by atoms with Crippen LogP contribution in [0.2, 0.25) is 0 Å². The van der Waals surface area contributed by atoms with Gasteiger partial charge in [0.25, 0.3) is 5.91 Å². The van der Waals surface area contributed by atoms with Crippen molar-refractivity contribution in [3.05, 3.63) is 36.2 Å². The van der Waals surface area contributed by atoms with Gasteiger partial charge < -0.3 is 15.7 Å². The van der Waals surface area contributed by atoms with Gasteiger partial charge in [-0.05, 0) is 44.6 Å². The van der Waals surface area contributed by atoms with Crippen LogP contribution in [0.4, 0.5) is 4.79 Å². The maximum atomic E-state index is 12.6. The number of rotatable bonds is 5. The zero-order chi connectivity index (χ0) is 18.5. The van der Waals surface area contributed by atoms with Crippen LogP contribution in [-0.2, 0) is 0 Å². The molecule has 0 radical (unpaired) electrons. The van der Waals surface area contributed by atoms with Crippen LogP contribution in [0, 0.1) is 12.8 Å². The van der Waals surface area contributed by atoms with E-state index in [1.54, 1.807) is 29.4 Å². The average Bonchev–Trinajstić information content (AvgIpc) is 3.15. The van der Waals surface area contributed by atoms with Gasteiger partial charge in [-0.3, -0.25) is 9.36 Å². The summed E-state index contributed by atoms with van der Waals surface area (Å²) in [4.78, 5) is 35.8. The minimum atomic E-state index is -0.992. The summed E-state index contributed by atoms with van der Waals surface area (Å²) in [6.07, 6.45) is 7.37. The Kier molecular flexibility index (Phi) is 5.45. The molecule has 138 valence electrons. The lowest BCUT2D eigenvalue weighted by Gasteiger charge is -2.28. The van der Waals surface area contributed by atoms with E-state index in [9.17, 15) is 9.59 Å². The summed E-state index contributed by atoms with van der Waals surface area (Å²) < 4.78 is 1.66. The highest BCUT2D eigenvalue weighted by atomic mass is 16.4. The van der Waals surface area contributed by atoms with Crippen molar-refractivity contribution in [2.75, 3.05) is 6.54 Å². The fraction of sp³-hybridized carbons (Fsp3) is 0.471. The third-order valence-corrected chi connectivity index (χ3v) is 4.53. The topological polar surface area (TPSA) is 122 Å². The highest BCUT2D eigenvalue weighted by molar-refractivity contribution is 5.92. The third kappa shape index (κ3) is 4.56. The van der Waals surface area contributed by atoms with Crippen molar-refractivity contribution >= 4 is 12.0 Å². The van der Waals surface area contributed by atoms with Crippen molar-refractivity contribution < 1.29 is 14.7 Å². The van der Waals surface area contributed by atoms with Crippen LogP contribution in [0.15, 0.2) is 24.8 Å². The van der Waals surface area contributed by atoms with Gasteiger partial charge in [-0.2, -0.15) is 0 Å². The summed E-state index contributed by atoms with van der Waals surface area (Å²) in [5.41, 5.74) is 1.04. The van der Waals surface area contributed by atoms with E-state index in [0.717, 1.165) is 25.7 Å². The smallest absolute Gasteiger partial charge is 0.404 e. The number of carbonyl (C=O) groups is 2. The molecule has 2 heterocycles. The first-order chi connectivity index (χ1) is 12.5. The fourth-order valence-electron chi connectivity index (χ4n) is 3.16. The van der Waals surface area contributed by atoms with Crippen molar-refractivity contribution in [3.8, 4) is 5.95 Å². The molecular weight excluding hydrogens is 336 g/mol. The van der Waals surface area contributed by atoms with Gasteiger partial charge in [0, 0.05) is 30.7 Å². The van der Waals surface area contributed by atoms with Crippen LogP contribution in [0.1, 0.15) is 41.9 Å². The number of hydrogen-bond acceptors (Lipinski definition) is 5. The lowest BCUT2D eigenvalue weighted by atomic mass is 9.86. The van der Waals surface area contributed by atoms with Crippen LogP contribution in [0.3, 0.4) is 0 Å². The molecule has 0 atom stereocenters. The van der Waals surface area contributed by atoms with E-state index in [0.29, 0.717) is 29.8 Å². The molecule has 1 aliphatic rings. The lowest BCUT2D eigenvalue weighted by molar-refractivity contribution is 0.0916. The quantitative estimate of drug-likeness (QED) is 0.745. The molecule has 1 fully saturated rings. The number of carbonyl (C=O) groups excluding carboxylic acids is 1. The normalized spacial score (nSPS) is 19.7. The SMILES string of the molecule is Cc1cc(C(=O)NC2CCC(CNC(=O)O)CC2)nc(-n2ccnc2)n1. The first kappa shape index (κ1) is 17.8. The maximum Gasteiger partial charge on any atom is 0.404 e. The molecule has 0 spiro atoms. The number of nitrogens with zero attached hydrogens (tertiary/aromatic N) is 4. The standard InChI is InChI=1S/C17H22N6O3/c1-11-8-14(22-16(20-11)23-7-6-18-10-23)15(24)21-13-4-2-12(3-5-13)9-19-17(25)26/h6-8,10,12-13,19H,2-5,9H2,1H3,(H,21,24)(H,25,26). The van der Waals surface area contributed by atoms with Gasteiger partial charge in [0.15, 0.2) is 0 Å². The first-order valence-electron chi connectivity index (χ1n) is 8.63. The van der Waals surface area contributed by atoms with E-state index in [4.69, 9.17) is 5.11 Å². The lowest BCUT2D eigenvalue weighted by Crippen LogP contribution is -2.40. The minimum Gasteiger partial charge on any atom is -0.465 e. The molecule has 2 amide bonds. The highest BCUT2D eigenvalue weighted by Gasteiger charge is 2.23. The zero-order valence-corrected chi connectivity index (χ0v) is 14.6. The van der Waals surface area contributed by atoms with E-state index in [-0.39, 0.29) is 11.9 Å². The second-order valence-corrected chi connectivity index (χ2v) is 6.54. The monoisotopic (exact) mass is 358 g/mol. The van der Waals surface area contributed by atoms with E-state index in [2.05, 4.69) is 25.6 Å². The van der Waals surface area contributed by atoms with Gasteiger partial charge in [-0.25, -0.2) is 19.7 Å². The summed E-state index contributed by atoms with van der Waals surface area (Å²) >= 11 is 0. The van der Waals surface area contributed by atoms with Crippen LogP contribution in [-0.4, -0.2) is 49.2 Å². The summed E-state index contributed by atoms with van der Waals surface area (Å²) in [6, 6.07) is 1.74. The Balaban J connectivity index is 1.58. The Hall–Kier alpha value is -2.97. The molecule has 0 saturated heterocycles. The van der Waals surface area contributed by atoms with Gasteiger partial charge in [-0.1, -0.05) is 0 Å². The van der Waals surface area contributed by atoms with Gasteiger partial charge in [0.05, 0.1) is 0 Å². The van der Waals surface area contributed by atoms with E-state index >= 15 is 0 Å². The average molecular weight is 358 g/mol. The van der Waals surface area contributed by atoms with E-state index in [1.807, 2.05) is 6.92 Å². The summed E-state index contributed by atoms with van der Waals surface area (Å²) in [5, 5.41) is 14.1. The Labute approximate surface area is 150 Å². The largest absolute Gasteiger partial charge is 0.465 e. The molecule has 0 bridgehead atoms. The molecule has 9 nitrogen and oxygen atoms in total. The van der Waals surface area contributed by atoms with Gasteiger partial charge >= 0.3 is 6.09 Å². The van der Waals surface area contributed by atoms with Crippen LogP contribution >= 0.6 is 0 Å². The van der Waals surface area contributed by atoms with E-state index < -0.39 is 6.09 Å². The summed E-state index contributed by atoms with van der Waals surface area (Å²) in [5.74, 6) is 0.522. The number of nitrogens with one attached hydrogen (secondary N) is 2. The Bertz CT molecular complexity index is 769. The molecule has 2 aromatic heterocycles. The second kappa shape index (κ2) is 7.94. The van der Waals surface area contributed by atoms with Crippen LogP contribution in [0.5, 0.6) is 0 Å². The van der Waals surface area contributed by atoms with Crippen molar-refractivity contribution in [2.45, 2.75) is 38.6 Å². The first-order valence-corrected chi connectivity index (χ1v) is 8.63. The zero-order valence-electron chi connectivity index (χ0n) is 14.6. The Morgan fingerprint density at radius 3 is 2.69 bits per heavy atom. The number of amides is 2. The predicted molar refractivity (Wildman–Crippen MR) is 93.1 cm³/mol. The number of aryl methyl sites for hydroxylation is 1. The molecule has 3 rings (SSSR count). The highest BCUT2D eigenvalue weighted by Crippen LogP contribution is 2.24. The number of hydrogen-bond donors (Lipinski definition) is 3. The third-order valence-electron chi connectivity index (χ3n) is 4.53. The number of imidazole rings is 1. The van der Waals surface area contributed by atoms with Crippen LogP contribution in [0.25, 0.3) is 5.95 Å². The maximum absolute atomic E-state index is 12.6. The second-order valence-electron chi connectivity index (χ2n) is 6.54. The predicted octanol–water partition coefficient (Wildman–Crippen LogP) is 1.53. The summed E-state index contributed by atoms with van der Waals surface area (Å²) in [7, 11) is 0. The molecule has 1 aliphatic carbocycles. The van der Waals surface area contributed by atoms with Crippen molar-refractivity contribution in [1.82, 2.24) is 30.2 Å². The number of carboxylic acid groups (broad SMARTS) is 1. The Morgan fingerprint density at radius 2 is 2.04 bits per heavy atom. The van der Waals surface area contributed by atoms with Gasteiger partial charge in [0.1, 0.15) is 12.0 Å². The summed E-state index contributed by atoms with van der Waals surface area (Å²) in [6.45, 7) is 2.29. The molecule has 3 N–H and O–H groups in total. The molecule has 0 aliphatic heterocycles. The molecular formula is C17H22N6O3. The Morgan fingerprint density at radius 1 is 1.27 bits per heavy atom. The molecule has 0 aromatic carbocycles. The van der Waals surface area contributed by atoms with E-state index in [1.165, 1.54) is 0 Å². The molecule has 0 unspecified atom stereocenters. The van der Waals surface area contributed by atoms with Crippen LogP contribution < -0.4 is 10.6 Å². The molecule has 1 saturated carbocycles. The minimum absolute atomic E-state index is 0.0792. The molecule has 2 aromatic rings. The van der Waals surface area contributed by atoms with Crippen molar-refractivity contribution in [2.24, 2.45) is 5.92 Å². The van der Waals surface area contributed by atoms with Gasteiger partial charge in [0.2, 0.25) is 5.95 Å². The van der Waals surface area contributed by atoms with Gasteiger partial charge in [-0.15, -0.1) is 0 Å².